The highest BCUT2D eigenvalue weighted by molar-refractivity contribution is 5.97. The molecule has 0 fully saturated rings. The molecule has 0 aliphatic rings. The average Bonchev–Trinajstić information content (AvgIpc) is 2.19. The van der Waals surface area contributed by atoms with Gasteiger partial charge in [-0.1, -0.05) is 20.3 Å². The fraction of sp³-hybridized carbons (Fsp3) is 0.364. The average molecular weight is 197 g/mol. The Morgan fingerprint density at radius 1 is 1.29 bits per heavy atom. The van der Waals surface area contributed by atoms with Crippen LogP contribution < -0.4 is 5.73 Å². The van der Waals surface area contributed by atoms with Crippen LogP contribution in [0.2, 0.25) is 0 Å². The fourth-order valence-electron chi connectivity index (χ4n) is 0.754. The molecule has 0 saturated carbocycles. The smallest absolute Gasteiger partial charge is 0.176 e. The van der Waals surface area contributed by atoms with Gasteiger partial charge in [-0.2, -0.15) is 0 Å². The van der Waals surface area contributed by atoms with Crippen molar-refractivity contribution in [3.63, 3.8) is 0 Å². The zero-order chi connectivity index (χ0) is 11.0. The molecule has 0 spiro atoms. The number of Topliss-reactive ketones (excluding diaryl/α,β-unsaturated/α-hetero) is 1. The van der Waals surface area contributed by atoms with Crippen LogP contribution in [-0.4, -0.2) is 12.3 Å². The standard InChI is InChI=1S/C8H8FNO.C3H8/c9-7-3-1-6(2-4-7)8(11)5-10;1-3-2/h1-4H,5,10H2;3H2,1-2H3. The van der Waals surface area contributed by atoms with Gasteiger partial charge in [-0.15, -0.1) is 0 Å². The van der Waals surface area contributed by atoms with E-state index in [0.29, 0.717) is 5.56 Å². The van der Waals surface area contributed by atoms with Gasteiger partial charge in [0.2, 0.25) is 0 Å². The first-order chi connectivity index (χ1) is 6.65. The SMILES string of the molecule is CCC.NCC(=O)c1ccc(F)cc1. The summed E-state index contributed by atoms with van der Waals surface area (Å²) in [5, 5.41) is 0. The molecule has 1 aromatic carbocycles. The summed E-state index contributed by atoms with van der Waals surface area (Å²) in [5.74, 6) is -0.524. The molecule has 0 bridgehead atoms. The zero-order valence-corrected chi connectivity index (χ0v) is 8.59. The Kier molecular flexibility index (Phi) is 6.58. The normalized spacial score (nSPS) is 8.86. The van der Waals surface area contributed by atoms with Gasteiger partial charge in [0.1, 0.15) is 5.82 Å². The minimum absolute atomic E-state index is 0.0361. The highest BCUT2D eigenvalue weighted by atomic mass is 19.1. The van der Waals surface area contributed by atoms with Gasteiger partial charge in [0.05, 0.1) is 6.54 Å². The van der Waals surface area contributed by atoms with E-state index in [4.69, 9.17) is 5.73 Å². The summed E-state index contributed by atoms with van der Waals surface area (Å²) in [6.45, 7) is 4.21. The Hall–Kier alpha value is -1.22. The van der Waals surface area contributed by atoms with Crippen molar-refractivity contribution in [3.8, 4) is 0 Å². The molecule has 78 valence electrons. The molecule has 0 amide bonds. The molecule has 1 rings (SSSR count). The first-order valence-electron chi connectivity index (χ1n) is 4.64. The van der Waals surface area contributed by atoms with E-state index in [1.54, 1.807) is 0 Å². The molecule has 2 N–H and O–H groups in total. The van der Waals surface area contributed by atoms with Crippen molar-refractivity contribution >= 4 is 5.78 Å². The molecule has 0 aliphatic heterocycles. The molecular formula is C11H16FNO. The number of ketones is 1. The van der Waals surface area contributed by atoms with Gasteiger partial charge < -0.3 is 5.73 Å². The quantitative estimate of drug-likeness (QED) is 0.740. The Bertz CT molecular complexity index is 269. The van der Waals surface area contributed by atoms with Crippen molar-refractivity contribution in [1.29, 1.82) is 0 Å². The number of rotatable bonds is 2. The molecule has 0 saturated heterocycles. The summed E-state index contributed by atoms with van der Waals surface area (Å²) in [7, 11) is 0. The minimum atomic E-state index is -0.349. The van der Waals surface area contributed by atoms with E-state index >= 15 is 0 Å². The summed E-state index contributed by atoms with van der Waals surface area (Å²) in [4.78, 5) is 10.9. The largest absolute Gasteiger partial charge is 0.324 e. The molecule has 0 radical (unpaired) electrons. The van der Waals surface area contributed by atoms with Gasteiger partial charge in [0.15, 0.2) is 5.78 Å². The molecule has 3 heteroatoms. The molecule has 0 aromatic heterocycles. The van der Waals surface area contributed by atoms with Gasteiger partial charge in [0.25, 0.3) is 0 Å². The van der Waals surface area contributed by atoms with Crippen LogP contribution in [0.4, 0.5) is 4.39 Å². The van der Waals surface area contributed by atoms with E-state index in [1.165, 1.54) is 30.7 Å². The van der Waals surface area contributed by atoms with E-state index in [-0.39, 0.29) is 18.1 Å². The van der Waals surface area contributed by atoms with Gasteiger partial charge >= 0.3 is 0 Å². The Labute approximate surface area is 83.9 Å². The van der Waals surface area contributed by atoms with Gasteiger partial charge in [0, 0.05) is 5.56 Å². The van der Waals surface area contributed by atoms with Gasteiger partial charge in [-0.25, -0.2) is 4.39 Å². The van der Waals surface area contributed by atoms with E-state index in [9.17, 15) is 9.18 Å². The highest BCUT2D eigenvalue weighted by Gasteiger charge is 2.01. The third kappa shape index (κ3) is 4.72. The van der Waals surface area contributed by atoms with Crippen LogP contribution in [0.15, 0.2) is 24.3 Å². The first kappa shape index (κ1) is 12.8. The Balaban J connectivity index is 0.000000500. The summed E-state index contributed by atoms with van der Waals surface area (Å²) >= 11 is 0. The molecule has 0 unspecified atom stereocenters. The maximum absolute atomic E-state index is 12.3. The van der Waals surface area contributed by atoms with Crippen LogP contribution in [0.3, 0.4) is 0 Å². The molecule has 0 atom stereocenters. The summed E-state index contributed by atoms with van der Waals surface area (Å²) in [5.41, 5.74) is 5.55. The van der Waals surface area contributed by atoms with Crippen LogP contribution in [-0.2, 0) is 0 Å². The van der Waals surface area contributed by atoms with Crippen molar-refractivity contribution in [2.75, 3.05) is 6.54 Å². The second-order valence-corrected chi connectivity index (χ2v) is 2.84. The molecule has 14 heavy (non-hydrogen) atoms. The van der Waals surface area contributed by atoms with Crippen molar-refractivity contribution in [3.05, 3.63) is 35.6 Å². The predicted molar refractivity (Wildman–Crippen MR) is 55.7 cm³/mol. The van der Waals surface area contributed by atoms with Crippen LogP contribution in [0, 0.1) is 5.82 Å². The van der Waals surface area contributed by atoms with Crippen molar-refractivity contribution in [2.45, 2.75) is 20.3 Å². The lowest BCUT2D eigenvalue weighted by atomic mass is 10.1. The summed E-state index contributed by atoms with van der Waals surface area (Å²) in [6.07, 6.45) is 1.25. The van der Waals surface area contributed by atoms with Crippen LogP contribution in [0.25, 0.3) is 0 Å². The van der Waals surface area contributed by atoms with Crippen LogP contribution in [0.1, 0.15) is 30.6 Å². The number of benzene rings is 1. The highest BCUT2D eigenvalue weighted by Crippen LogP contribution is 2.02. The number of hydrogen-bond donors (Lipinski definition) is 1. The molecule has 2 nitrogen and oxygen atoms in total. The maximum Gasteiger partial charge on any atom is 0.176 e. The first-order valence-corrected chi connectivity index (χ1v) is 4.64. The van der Waals surface area contributed by atoms with Crippen LogP contribution >= 0.6 is 0 Å². The lowest BCUT2D eigenvalue weighted by molar-refractivity contribution is 0.100. The maximum atomic E-state index is 12.3. The molecule has 1 aromatic rings. The van der Waals surface area contributed by atoms with Crippen molar-refractivity contribution < 1.29 is 9.18 Å². The van der Waals surface area contributed by atoms with E-state index in [1.807, 2.05) is 0 Å². The molecular weight excluding hydrogens is 181 g/mol. The third-order valence-corrected chi connectivity index (χ3v) is 1.35. The second kappa shape index (κ2) is 7.21. The summed E-state index contributed by atoms with van der Waals surface area (Å²) in [6, 6.07) is 5.32. The lowest BCUT2D eigenvalue weighted by Gasteiger charge is -1.95. The molecule has 0 aliphatic carbocycles. The fourth-order valence-corrected chi connectivity index (χ4v) is 0.754. The predicted octanol–water partition coefficient (Wildman–Crippen LogP) is 2.38. The van der Waals surface area contributed by atoms with Gasteiger partial charge in [-0.3, -0.25) is 4.79 Å². The van der Waals surface area contributed by atoms with Crippen molar-refractivity contribution in [1.82, 2.24) is 0 Å². The van der Waals surface area contributed by atoms with E-state index in [0.717, 1.165) is 0 Å². The Morgan fingerprint density at radius 2 is 1.71 bits per heavy atom. The van der Waals surface area contributed by atoms with E-state index < -0.39 is 0 Å². The topological polar surface area (TPSA) is 43.1 Å². The number of carbonyl (C=O) groups excluding carboxylic acids is 1. The van der Waals surface area contributed by atoms with E-state index in [2.05, 4.69) is 13.8 Å². The minimum Gasteiger partial charge on any atom is -0.324 e. The Morgan fingerprint density at radius 3 is 2.07 bits per heavy atom. The van der Waals surface area contributed by atoms with Crippen LogP contribution in [0.5, 0.6) is 0 Å². The number of carbonyl (C=O) groups is 1. The number of hydrogen-bond acceptors (Lipinski definition) is 2. The molecule has 0 heterocycles. The number of halogens is 1. The number of nitrogens with two attached hydrogens (primary N) is 1. The zero-order valence-electron chi connectivity index (χ0n) is 8.59. The third-order valence-electron chi connectivity index (χ3n) is 1.35. The second-order valence-electron chi connectivity index (χ2n) is 2.84. The van der Waals surface area contributed by atoms with Crippen molar-refractivity contribution in [2.24, 2.45) is 5.73 Å². The lowest BCUT2D eigenvalue weighted by Crippen LogP contribution is -2.13. The summed E-state index contributed by atoms with van der Waals surface area (Å²) < 4.78 is 12.3. The monoisotopic (exact) mass is 197 g/mol. The van der Waals surface area contributed by atoms with Gasteiger partial charge in [-0.05, 0) is 24.3 Å².